The molecule has 13 heavy (non-hydrogen) atoms. The quantitative estimate of drug-likeness (QED) is 0.740. The molecule has 0 saturated carbocycles. The lowest BCUT2D eigenvalue weighted by atomic mass is 10.3. The maximum Gasteiger partial charge on any atom is 0.409 e. The molecule has 0 saturated heterocycles. The van der Waals surface area contributed by atoms with Gasteiger partial charge in [-0.3, -0.25) is 5.32 Å². The predicted octanol–water partition coefficient (Wildman–Crippen LogP) is 1.92. The molecule has 0 spiro atoms. The Kier molecular flexibility index (Phi) is 2.69. The molecular weight excluding hydrogens is 177 g/mol. The molecule has 0 aliphatic carbocycles. The predicted molar refractivity (Wildman–Crippen MR) is 44.6 cm³/mol. The summed E-state index contributed by atoms with van der Waals surface area (Å²) in [6, 6.07) is 3.58. The van der Waals surface area contributed by atoms with E-state index in [1.54, 1.807) is 0 Å². The Balaban J connectivity index is 3.01. The summed E-state index contributed by atoms with van der Waals surface area (Å²) in [5.41, 5.74) is 0.0926. The van der Waals surface area contributed by atoms with Gasteiger partial charge in [0.1, 0.15) is 11.6 Å². The van der Waals surface area contributed by atoms with E-state index in [0.29, 0.717) is 0 Å². The molecule has 1 aromatic rings. The van der Waals surface area contributed by atoms with E-state index < -0.39 is 11.9 Å². The normalized spacial score (nSPS) is 9.38. The van der Waals surface area contributed by atoms with Crippen LogP contribution in [0.4, 0.5) is 14.9 Å². The van der Waals surface area contributed by atoms with Crippen LogP contribution in [-0.2, 0) is 0 Å². The lowest BCUT2D eigenvalue weighted by molar-refractivity contribution is 0.209. The number of benzene rings is 1. The van der Waals surface area contributed by atoms with E-state index in [9.17, 15) is 9.18 Å². The van der Waals surface area contributed by atoms with Crippen LogP contribution < -0.4 is 10.1 Å². The summed E-state index contributed by atoms with van der Waals surface area (Å²) in [6.07, 6.45) is -1.26. The molecule has 2 N–H and O–H groups in total. The van der Waals surface area contributed by atoms with Crippen molar-refractivity contribution in [2.24, 2.45) is 0 Å². The molecule has 0 atom stereocenters. The third-order valence-electron chi connectivity index (χ3n) is 1.40. The van der Waals surface area contributed by atoms with Crippen LogP contribution in [0.15, 0.2) is 18.2 Å². The van der Waals surface area contributed by atoms with Gasteiger partial charge in [0.05, 0.1) is 12.8 Å². The van der Waals surface area contributed by atoms with E-state index in [1.807, 2.05) is 5.32 Å². The molecule has 0 aliphatic rings. The van der Waals surface area contributed by atoms with Gasteiger partial charge in [0, 0.05) is 6.07 Å². The van der Waals surface area contributed by atoms with E-state index in [0.717, 1.165) is 6.07 Å². The molecular formula is C8H8FNO3. The van der Waals surface area contributed by atoms with Gasteiger partial charge >= 0.3 is 6.09 Å². The fourth-order valence-corrected chi connectivity index (χ4v) is 0.893. The van der Waals surface area contributed by atoms with Gasteiger partial charge in [-0.05, 0) is 12.1 Å². The number of rotatable bonds is 2. The van der Waals surface area contributed by atoms with Crippen molar-refractivity contribution in [2.75, 3.05) is 12.4 Å². The second-order valence-corrected chi connectivity index (χ2v) is 2.27. The lowest BCUT2D eigenvalue weighted by Gasteiger charge is -2.06. The van der Waals surface area contributed by atoms with Crippen LogP contribution >= 0.6 is 0 Å². The number of halogens is 1. The summed E-state index contributed by atoms with van der Waals surface area (Å²) in [5.74, 6) is -0.242. The molecule has 0 aromatic heterocycles. The summed E-state index contributed by atoms with van der Waals surface area (Å²) in [4.78, 5) is 10.3. The number of ether oxygens (including phenoxy) is 1. The standard InChI is InChI=1S/C8H8FNO3/c1-13-7-3-2-5(9)4-6(7)10-8(11)12/h2-4,10H,1H3,(H,11,12). The number of methoxy groups -OCH3 is 1. The zero-order valence-electron chi connectivity index (χ0n) is 6.87. The van der Waals surface area contributed by atoms with Crippen molar-refractivity contribution >= 4 is 11.8 Å². The maximum absolute atomic E-state index is 12.6. The summed E-state index contributed by atoms with van der Waals surface area (Å²) >= 11 is 0. The first-order valence-electron chi connectivity index (χ1n) is 3.47. The Bertz CT molecular complexity index is 327. The largest absolute Gasteiger partial charge is 0.495 e. The first-order valence-corrected chi connectivity index (χ1v) is 3.47. The smallest absolute Gasteiger partial charge is 0.409 e. The summed E-state index contributed by atoms with van der Waals surface area (Å²) < 4.78 is 17.5. The second kappa shape index (κ2) is 3.75. The van der Waals surface area contributed by atoms with Crippen molar-refractivity contribution in [1.82, 2.24) is 0 Å². The topological polar surface area (TPSA) is 58.6 Å². The van der Waals surface area contributed by atoms with Gasteiger partial charge < -0.3 is 9.84 Å². The molecule has 0 heterocycles. The lowest BCUT2D eigenvalue weighted by Crippen LogP contribution is -2.08. The molecule has 0 aliphatic heterocycles. The first-order chi connectivity index (χ1) is 6.13. The fourth-order valence-electron chi connectivity index (χ4n) is 0.893. The highest BCUT2D eigenvalue weighted by Gasteiger charge is 2.06. The summed E-state index contributed by atoms with van der Waals surface area (Å²) in [6.45, 7) is 0. The van der Waals surface area contributed by atoms with Crippen LogP contribution in [0.2, 0.25) is 0 Å². The third-order valence-corrected chi connectivity index (χ3v) is 1.40. The highest BCUT2D eigenvalue weighted by Crippen LogP contribution is 2.24. The van der Waals surface area contributed by atoms with Crippen molar-refractivity contribution in [1.29, 1.82) is 0 Å². The Labute approximate surface area is 73.9 Å². The molecule has 1 amide bonds. The molecule has 0 unspecified atom stereocenters. The Hall–Kier alpha value is -1.78. The van der Waals surface area contributed by atoms with Gasteiger partial charge in [-0.15, -0.1) is 0 Å². The van der Waals surface area contributed by atoms with E-state index in [4.69, 9.17) is 9.84 Å². The number of hydrogen-bond donors (Lipinski definition) is 2. The zero-order chi connectivity index (χ0) is 9.84. The van der Waals surface area contributed by atoms with Gasteiger partial charge in [-0.2, -0.15) is 0 Å². The Morgan fingerprint density at radius 1 is 1.62 bits per heavy atom. The van der Waals surface area contributed by atoms with Crippen LogP contribution in [-0.4, -0.2) is 18.3 Å². The molecule has 0 radical (unpaired) electrons. The molecule has 0 fully saturated rings. The Morgan fingerprint density at radius 2 is 2.31 bits per heavy atom. The van der Waals surface area contributed by atoms with Crippen LogP contribution in [0.1, 0.15) is 0 Å². The van der Waals surface area contributed by atoms with Crippen molar-refractivity contribution in [3.05, 3.63) is 24.0 Å². The number of amides is 1. The molecule has 0 bridgehead atoms. The minimum atomic E-state index is -1.26. The number of anilines is 1. The highest BCUT2D eigenvalue weighted by atomic mass is 19.1. The molecule has 4 nitrogen and oxygen atoms in total. The number of nitrogens with one attached hydrogen (secondary N) is 1. The average molecular weight is 185 g/mol. The van der Waals surface area contributed by atoms with Gasteiger partial charge in [-0.25, -0.2) is 9.18 Å². The number of carbonyl (C=O) groups is 1. The van der Waals surface area contributed by atoms with Gasteiger partial charge in [-0.1, -0.05) is 0 Å². The molecule has 1 aromatic carbocycles. The number of carboxylic acid groups (broad SMARTS) is 1. The van der Waals surface area contributed by atoms with E-state index in [1.165, 1.54) is 19.2 Å². The number of hydrogen-bond acceptors (Lipinski definition) is 2. The minimum absolute atomic E-state index is 0.0926. The summed E-state index contributed by atoms with van der Waals surface area (Å²) in [7, 11) is 1.38. The Morgan fingerprint density at radius 3 is 2.85 bits per heavy atom. The van der Waals surface area contributed by atoms with Crippen molar-refractivity contribution in [3.8, 4) is 5.75 Å². The highest BCUT2D eigenvalue weighted by molar-refractivity contribution is 5.85. The molecule has 1 rings (SSSR count). The van der Waals surface area contributed by atoms with Crippen LogP contribution in [0.5, 0.6) is 5.75 Å². The SMILES string of the molecule is COc1ccc(F)cc1NC(=O)O. The van der Waals surface area contributed by atoms with E-state index >= 15 is 0 Å². The van der Waals surface area contributed by atoms with Gasteiger partial charge in [0.25, 0.3) is 0 Å². The average Bonchev–Trinajstić information content (AvgIpc) is 2.03. The van der Waals surface area contributed by atoms with Gasteiger partial charge in [0.15, 0.2) is 0 Å². The van der Waals surface area contributed by atoms with Crippen molar-refractivity contribution < 1.29 is 19.0 Å². The first kappa shape index (κ1) is 9.31. The van der Waals surface area contributed by atoms with Crippen LogP contribution in [0.3, 0.4) is 0 Å². The van der Waals surface area contributed by atoms with E-state index in [2.05, 4.69) is 0 Å². The van der Waals surface area contributed by atoms with E-state index in [-0.39, 0.29) is 11.4 Å². The fraction of sp³-hybridized carbons (Fsp3) is 0.125. The zero-order valence-corrected chi connectivity index (χ0v) is 6.87. The van der Waals surface area contributed by atoms with Crippen molar-refractivity contribution in [2.45, 2.75) is 0 Å². The van der Waals surface area contributed by atoms with Crippen LogP contribution in [0, 0.1) is 5.82 Å². The summed E-state index contributed by atoms with van der Waals surface area (Å²) in [5, 5.41) is 10.4. The maximum atomic E-state index is 12.6. The second-order valence-electron chi connectivity index (χ2n) is 2.27. The third kappa shape index (κ3) is 2.33. The van der Waals surface area contributed by atoms with Crippen LogP contribution in [0.25, 0.3) is 0 Å². The monoisotopic (exact) mass is 185 g/mol. The van der Waals surface area contributed by atoms with Crippen molar-refractivity contribution in [3.63, 3.8) is 0 Å². The minimum Gasteiger partial charge on any atom is -0.495 e. The molecule has 70 valence electrons. The van der Waals surface area contributed by atoms with Gasteiger partial charge in [0.2, 0.25) is 0 Å². The molecule has 5 heteroatoms.